The van der Waals surface area contributed by atoms with Crippen molar-refractivity contribution in [2.75, 3.05) is 6.54 Å². The zero-order valence-corrected chi connectivity index (χ0v) is 11.7. The van der Waals surface area contributed by atoms with Crippen LogP contribution >= 0.6 is 24.0 Å². The van der Waals surface area contributed by atoms with Crippen LogP contribution in [0, 0.1) is 5.82 Å². The Morgan fingerprint density at radius 3 is 2.85 bits per heavy atom. The van der Waals surface area contributed by atoms with E-state index in [0.717, 1.165) is 0 Å². The summed E-state index contributed by atoms with van der Waals surface area (Å²) in [4.78, 5) is 0. The van der Waals surface area contributed by atoms with Gasteiger partial charge in [-0.25, -0.2) is 8.78 Å². The van der Waals surface area contributed by atoms with Crippen LogP contribution in [0.2, 0.25) is 5.02 Å². The standard InChI is InChI=1S/C12H10ClF2N3O.ClH/c13-8-3-1-2-7(10(8)15)11-17-18-12(19-11)9-4-6(14)5-16-9;/h1-3,6,9,16H,4-5H2;1H/t6-,9+;/m1./s1. The normalized spacial score (nSPS) is 21.8. The molecule has 2 aromatic rings. The molecule has 2 atom stereocenters. The van der Waals surface area contributed by atoms with Crippen molar-refractivity contribution in [1.82, 2.24) is 15.5 Å². The third-order valence-electron chi connectivity index (χ3n) is 3.00. The monoisotopic (exact) mass is 321 g/mol. The van der Waals surface area contributed by atoms with Gasteiger partial charge in [0.1, 0.15) is 6.17 Å². The first-order chi connectivity index (χ1) is 9.15. The summed E-state index contributed by atoms with van der Waals surface area (Å²) in [5, 5.41) is 10.5. The van der Waals surface area contributed by atoms with Crippen LogP contribution in [0.1, 0.15) is 18.4 Å². The molecule has 4 nitrogen and oxygen atoms in total. The highest BCUT2D eigenvalue weighted by atomic mass is 35.5. The minimum atomic E-state index is -0.928. The van der Waals surface area contributed by atoms with E-state index in [9.17, 15) is 8.78 Å². The van der Waals surface area contributed by atoms with Gasteiger partial charge >= 0.3 is 0 Å². The van der Waals surface area contributed by atoms with E-state index in [1.807, 2.05) is 0 Å². The minimum Gasteiger partial charge on any atom is -0.419 e. The third kappa shape index (κ3) is 2.77. The van der Waals surface area contributed by atoms with Gasteiger partial charge in [-0.3, -0.25) is 0 Å². The predicted molar refractivity (Wildman–Crippen MR) is 72.2 cm³/mol. The van der Waals surface area contributed by atoms with Crippen LogP contribution in [-0.2, 0) is 0 Å². The first kappa shape index (κ1) is 15.2. The molecular weight excluding hydrogens is 311 g/mol. The molecule has 2 heterocycles. The maximum absolute atomic E-state index is 13.8. The molecule has 1 fully saturated rings. The van der Waals surface area contributed by atoms with Crippen LogP contribution < -0.4 is 5.32 Å². The fourth-order valence-electron chi connectivity index (χ4n) is 2.03. The highest BCUT2D eigenvalue weighted by Crippen LogP contribution is 2.29. The fourth-order valence-corrected chi connectivity index (χ4v) is 2.21. The van der Waals surface area contributed by atoms with Gasteiger partial charge in [-0.2, -0.15) is 0 Å². The van der Waals surface area contributed by atoms with Crippen molar-refractivity contribution in [2.24, 2.45) is 0 Å². The number of hydrogen-bond donors (Lipinski definition) is 1. The van der Waals surface area contributed by atoms with E-state index in [1.165, 1.54) is 12.1 Å². The van der Waals surface area contributed by atoms with Crippen molar-refractivity contribution >= 4 is 24.0 Å². The van der Waals surface area contributed by atoms with Gasteiger partial charge in [-0.05, 0) is 12.1 Å². The molecular formula is C12H11Cl2F2N3O. The summed E-state index contributed by atoms with van der Waals surface area (Å²) in [6.07, 6.45) is -0.650. The summed E-state index contributed by atoms with van der Waals surface area (Å²) in [6.45, 7) is 0.258. The maximum Gasteiger partial charge on any atom is 0.250 e. The summed E-state index contributed by atoms with van der Waals surface area (Å²) in [7, 11) is 0. The second-order valence-corrected chi connectivity index (χ2v) is 4.75. The molecule has 1 aromatic heterocycles. The van der Waals surface area contributed by atoms with Gasteiger partial charge in [0.25, 0.3) is 5.89 Å². The molecule has 0 spiro atoms. The Balaban J connectivity index is 0.00000147. The maximum atomic E-state index is 13.8. The van der Waals surface area contributed by atoms with Gasteiger partial charge in [0.15, 0.2) is 5.82 Å². The fraction of sp³-hybridized carbons (Fsp3) is 0.333. The Morgan fingerprint density at radius 2 is 2.15 bits per heavy atom. The van der Waals surface area contributed by atoms with E-state index in [2.05, 4.69) is 15.5 Å². The topological polar surface area (TPSA) is 51.0 Å². The molecule has 0 amide bonds. The summed E-state index contributed by atoms with van der Waals surface area (Å²) in [5.41, 5.74) is 0.140. The van der Waals surface area contributed by atoms with Crippen LogP contribution in [0.4, 0.5) is 8.78 Å². The Hall–Kier alpha value is -1.24. The molecule has 0 bridgehead atoms. The van der Waals surface area contributed by atoms with Crippen LogP contribution in [-0.4, -0.2) is 22.9 Å². The van der Waals surface area contributed by atoms with Gasteiger partial charge in [0, 0.05) is 13.0 Å². The van der Waals surface area contributed by atoms with Gasteiger partial charge in [0.2, 0.25) is 5.89 Å². The smallest absolute Gasteiger partial charge is 0.250 e. The lowest BCUT2D eigenvalue weighted by Crippen LogP contribution is -2.14. The minimum absolute atomic E-state index is 0. The zero-order chi connectivity index (χ0) is 13.4. The number of benzene rings is 1. The Labute approximate surface area is 124 Å². The molecule has 1 aromatic carbocycles. The highest BCUT2D eigenvalue weighted by molar-refractivity contribution is 6.31. The third-order valence-corrected chi connectivity index (χ3v) is 3.29. The number of halogens is 4. The van der Waals surface area contributed by atoms with E-state index >= 15 is 0 Å². The molecule has 20 heavy (non-hydrogen) atoms. The number of rotatable bonds is 2. The predicted octanol–water partition coefficient (Wildman–Crippen LogP) is 3.32. The summed E-state index contributed by atoms with van der Waals surface area (Å²) >= 11 is 5.69. The lowest BCUT2D eigenvalue weighted by atomic mass is 10.2. The molecule has 0 radical (unpaired) electrons. The summed E-state index contributed by atoms with van der Waals surface area (Å²) in [5.74, 6) is -0.309. The molecule has 1 saturated heterocycles. The lowest BCUT2D eigenvalue weighted by Gasteiger charge is -2.02. The number of alkyl halides is 1. The van der Waals surface area contributed by atoms with E-state index in [-0.39, 0.29) is 53.8 Å². The van der Waals surface area contributed by atoms with Crippen LogP contribution in [0.5, 0.6) is 0 Å². The second-order valence-electron chi connectivity index (χ2n) is 4.34. The van der Waals surface area contributed by atoms with E-state index < -0.39 is 12.0 Å². The summed E-state index contributed by atoms with van der Waals surface area (Å²) in [6, 6.07) is 4.21. The Bertz CT molecular complexity index is 608. The molecule has 1 N–H and O–H groups in total. The van der Waals surface area contributed by atoms with Gasteiger partial charge in [0.05, 0.1) is 16.6 Å². The Morgan fingerprint density at radius 1 is 1.35 bits per heavy atom. The van der Waals surface area contributed by atoms with Gasteiger partial charge in [-0.15, -0.1) is 22.6 Å². The molecule has 0 unspecified atom stereocenters. The zero-order valence-electron chi connectivity index (χ0n) is 10.1. The SMILES string of the molecule is Cl.Fc1c(Cl)cccc1-c1nnc([C@@H]2C[C@@H](F)CN2)o1. The van der Waals surface area contributed by atoms with E-state index in [0.29, 0.717) is 0 Å². The van der Waals surface area contributed by atoms with Crippen LogP contribution in [0.3, 0.4) is 0 Å². The number of hydrogen-bond acceptors (Lipinski definition) is 4. The van der Waals surface area contributed by atoms with E-state index in [1.54, 1.807) is 6.07 Å². The molecule has 108 valence electrons. The van der Waals surface area contributed by atoms with Crippen molar-refractivity contribution in [3.63, 3.8) is 0 Å². The first-order valence-electron chi connectivity index (χ1n) is 5.80. The highest BCUT2D eigenvalue weighted by Gasteiger charge is 2.29. The molecule has 3 rings (SSSR count). The van der Waals surface area contributed by atoms with Crippen molar-refractivity contribution in [3.8, 4) is 11.5 Å². The van der Waals surface area contributed by atoms with Crippen molar-refractivity contribution in [3.05, 3.63) is 34.9 Å². The molecule has 8 heteroatoms. The molecule has 0 aliphatic carbocycles. The molecule has 1 aliphatic rings. The summed E-state index contributed by atoms with van der Waals surface area (Å²) < 4.78 is 32.3. The Kier molecular flexibility index (Phi) is 4.57. The number of nitrogens with one attached hydrogen (secondary N) is 1. The number of nitrogens with zero attached hydrogens (tertiary/aromatic N) is 2. The lowest BCUT2D eigenvalue weighted by molar-refractivity contribution is 0.347. The number of aromatic nitrogens is 2. The molecule has 0 saturated carbocycles. The first-order valence-corrected chi connectivity index (χ1v) is 6.18. The van der Waals surface area contributed by atoms with Crippen LogP contribution in [0.15, 0.2) is 22.6 Å². The average molecular weight is 322 g/mol. The largest absolute Gasteiger partial charge is 0.419 e. The van der Waals surface area contributed by atoms with Crippen molar-refractivity contribution in [1.29, 1.82) is 0 Å². The average Bonchev–Trinajstić information content (AvgIpc) is 3.01. The van der Waals surface area contributed by atoms with E-state index in [4.69, 9.17) is 16.0 Å². The van der Waals surface area contributed by atoms with Crippen molar-refractivity contribution < 1.29 is 13.2 Å². The molecule has 1 aliphatic heterocycles. The van der Waals surface area contributed by atoms with Gasteiger partial charge < -0.3 is 9.73 Å². The quantitative estimate of drug-likeness (QED) is 0.921. The van der Waals surface area contributed by atoms with Crippen LogP contribution in [0.25, 0.3) is 11.5 Å². The second kappa shape index (κ2) is 6.03. The van der Waals surface area contributed by atoms with Crippen molar-refractivity contribution in [2.45, 2.75) is 18.6 Å². The van der Waals surface area contributed by atoms with Gasteiger partial charge in [-0.1, -0.05) is 17.7 Å².